The first-order valence-corrected chi connectivity index (χ1v) is 10.9. The Kier molecular flexibility index (Phi) is 5.81. The van der Waals surface area contributed by atoms with Gasteiger partial charge in [-0.25, -0.2) is 19.9 Å². The summed E-state index contributed by atoms with van der Waals surface area (Å²) in [5.41, 5.74) is 3.41. The predicted molar refractivity (Wildman–Crippen MR) is 128 cm³/mol. The lowest BCUT2D eigenvalue weighted by molar-refractivity contribution is 0.426. The molecule has 0 spiro atoms. The van der Waals surface area contributed by atoms with Crippen molar-refractivity contribution in [3.05, 3.63) is 85.7 Å². The standard InChI is InChI=1S/C24H14N12O/c1-3-9-25-17(5-1)19-7-11-27-21(31-19)15-13-29-35-33-23(15)37-24-16(14-30-36-34-24)22-28-12-8-20(32-22)18-6-2-4-10-26-18/h1-14H. The van der Waals surface area contributed by atoms with Crippen molar-refractivity contribution in [1.29, 1.82) is 0 Å². The maximum Gasteiger partial charge on any atom is 0.255 e. The smallest absolute Gasteiger partial charge is 0.255 e. The highest BCUT2D eigenvalue weighted by molar-refractivity contribution is 5.67. The van der Waals surface area contributed by atoms with E-state index in [0.29, 0.717) is 45.6 Å². The summed E-state index contributed by atoms with van der Waals surface area (Å²) in [5.74, 6) is 0.765. The quantitative estimate of drug-likeness (QED) is 0.338. The van der Waals surface area contributed by atoms with Crippen LogP contribution in [0.2, 0.25) is 0 Å². The molecule has 37 heavy (non-hydrogen) atoms. The Labute approximate surface area is 208 Å². The molecule has 0 amide bonds. The fourth-order valence-electron chi connectivity index (χ4n) is 3.36. The second kappa shape index (κ2) is 9.87. The van der Waals surface area contributed by atoms with Crippen molar-refractivity contribution >= 4 is 0 Å². The molecule has 0 aliphatic heterocycles. The summed E-state index contributed by atoms with van der Waals surface area (Å²) in [6.45, 7) is 0. The maximum absolute atomic E-state index is 6.02. The van der Waals surface area contributed by atoms with Crippen molar-refractivity contribution in [2.24, 2.45) is 0 Å². The lowest BCUT2D eigenvalue weighted by Crippen LogP contribution is -2.03. The van der Waals surface area contributed by atoms with E-state index in [4.69, 9.17) is 4.74 Å². The van der Waals surface area contributed by atoms with E-state index in [1.807, 2.05) is 36.4 Å². The van der Waals surface area contributed by atoms with Crippen LogP contribution in [0.1, 0.15) is 0 Å². The Morgan fingerprint density at radius 3 is 1.46 bits per heavy atom. The van der Waals surface area contributed by atoms with Crippen LogP contribution in [0.25, 0.3) is 45.6 Å². The van der Waals surface area contributed by atoms with Crippen LogP contribution >= 0.6 is 0 Å². The minimum atomic E-state index is 0.0656. The molecule has 0 radical (unpaired) electrons. The van der Waals surface area contributed by atoms with E-state index >= 15 is 0 Å². The van der Waals surface area contributed by atoms with Gasteiger partial charge in [-0.2, -0.15) is 0 Å². The van der Waals surface area contributed by atoms with Crippen molar-refractivity contribution in [3.63, 3.8) is 0 Å². The summed E-state index contributed by atoms with van der Waals surface area (Å²) in [5, 5.41) is 23.2. The second-order valence-electron chi connectivity index (χ2n) is 7.37. The van der Waals surface area contributed by atoms with Crippen LogP contribution in [0, 0.1) is 0 Å². The molecule has 0 bridgehead atoms. The molecule has 6 rings (SSSR count). The number of nitrogens with zero attached hydrogens (tertiary/aromatic N) is 12. The summed E-state index contributed by atoms with van der Waals surface area (Å²) in [6.07, 6.45) is 9.51. The summed E-state index contributed by atoms with van der Waals surface area (Å²) in [4.78, 5) is 26.6. The first-order chi connectivity index (χ1) is 18.3. The van der Waals surface area contributed by atoms with Gasteiger partial charge in [0, 0.05) is 24.8 Å². The van der Waals surface area contributed by atoms with Crippen molar-refractivity contribution in [3.8, 4) is 57.3 Å². The number of aromatic nitrogens is 12. The number of rotatable bonds is 6. The normalized spacial score (nSPS) is 10.7. The molecule has 0 aromatic carbocycles. The van der Waals surface area contributed by atoms with E-state index < -0.39 is 0 Å². The molecule has 176 valence electrons. The molecule has 13 heteroatoms. The third-order valence-electron chi connectivity index (χ3n) is 5.05. The van der Waals surface area contributed by atoms with Gasteiger partial charge in [0.25, 0.3) is 11.8 Å². The van der Waals surface area contributed by atoms with E-state index in [1.54, 1.807) is 36.9 Å². The van der Waals surface area contributed by atoms with Crippen LogP contribution in [-0.2, 0) is 0 Å². The average Bonchev–Trinajstić information content (AvgIpc) is 2.99. The number of hydrogen-bond acceptors (Lipinski definition) is 13. The second-order valence-corrected chi connectivity index (χ2v) is 7.37. The Hall–Kier alpha value is -5.72. The van der Waals surface area contributed by atoms with Crippen molar-refractivity contribution < 1.29 is 4.74 Å². The number of ether oxygens (including phenoxy) is 1. The van der Waals surface area contributed by atoms with Crippen molar-refractivity contribution in [2.45, 2.75) is 0 Å². The van der Waals surface area contributed by atoms with Crippen LogP contribution in [0.3, 0.4) is 0 Å². The van der Waals surface area contributed by atoms with Crippen LogP contribution in [0.5, 0.6) is 11.8 Å². The van der Waals surface area contributed by atoms with Gasteiger partial charge >= 0.3 is 0 Å². The zero-order valence-corrected chi connectivity index (χ0v) is 18.9. The summed E-state index contributed by atoms with van der Waals surface area (Å²) < 4.78 is 6.02. The lowest BCUT2D eigenvalue weighted by Gasteiger charge is -2.10. The van der Waals surface area contributed by atoms with E-state index in [9.17, 15) is 0 Å². The van der Waals surface area contributed by atoms with Crippen LogP contribution in [0.4, 0.5) is 0 Å². The minimum absolute atomic E-state index is 0.0656. The Morgan fingerprint density at radius 2 is 1.00 bits per heavy atom. The molecule has 0 atom stereocenters. The SMILES string of the molecule is c1ccc(-c2ccnc(-c3cnnnc3Oc3nnncc3-c3nccc(-c4ccccn4)n3)n2)nc1. The molecule has 0 N–H and O–H groups in total. The summed E-state index contributed by atoms with van der Waals surface area (Å²) in [6, 6.07) is 14.6. The van der Waals surface area contributed by atoms with Crippen LogP contribution in [0.15, 0.2) is 85.7 Å². The van der Waals surface area contributed by atoms with Gasteiger partial charge in [0.1, 0.15) is 11.1 Å². The molecule has 0 saturated carbocycles. The largest absolute Gasteiger partial charge is 0.416 e. The van der Waals surface area contributed by atoms with Crippen molar-refractivity contribution in [2.75, 3.05) is 0 Å². The van der Waals surface area contributed by atoms with Crippen LogP contribution in [-0.4, -0.2) is 60.7 Å². The topological polar surface area (TPSA) is 164 Å². The molecular weight excluding hydrogens is 472 g/mol. The van der Waals surface area contributed by atoms with Gasteiger partial charge in [0.15, 0.2) is 11.6 Å². The van der Waals surface area contributed by atoms with Gasteiger partial charge in [0.05, 0.1) is 35.2 Å². The van der Waals surface area contributed by atoms with Crippen molar-refractivity contribution in [1.82, 2.24) is 60.7 Å². The minimum Gasteiger partial charge on any atom is -0.416 e. The highest BCUT2D eigenvalue weighted by Crippen LogP contribution is 2.32. The molecule has 0 aliphatic rings. The molecular formula is C24H14N12O. The third-order valence-corrected chi connectivity index (χ3v) is 5.05. The maximum atomic E-state index is 6.02. The Morgan fingerprint density at radius 1 is 0.486 bits per heavy atom. The van der Waals surface area contributed by atoms with Gasteiger partial charge in [-0.1, -0.05) is 22.3 Å². The van der Waals surface area contributed by atoms with E-state index in [0.717, 1.165) is 0 Å². The summed E-state index contributed by atoms with van der Waals surface area (Å²) >= 11 is 0. The van der Waals surface area contributed by atoms with Gasteiger partial charge in [-0.15, -0.1) is 10.2 Å². The van der Waals surface area contributed by atoms with E-state index in [-0.39, 0.29) is 11.8 Å². The van der Waals surface area contributed by atoms with E-state index in [1.165, 1.54) is 12.4 Å². The molecule has 0 fully saturated rings. The highest BCUT2D eigenvalue weighted by atomic mass is 16.5. The zero-order valence-electron chi connectivity index (χ0n) is 18.9. The number of hydrogen-bond donors (Lipinski definition) is 0. The molecule has 13 nitrogen and oxygen atoms in total. The molecule has 0 unspecified atom stereocenters. The Balaban J connectivity index is 1.37. The van der Waals surface area contributed by atoms with Crippen LogP contribution < -0.4 is 4.74 Å². The lowest BCUT2D eigenvalue weighted by atomic mass is 10.2. The van der Waals surface area contributed by atoms with Gasteiger partial charge in [-0.05, 0) is 46.8 Å². The first kappa shape index (κ1) is 21.8. The fraction of sp³-hybridized carbons (Fsp3) is 0. The zero-order chi connectivity index (χ0) is 24.9. The third kappa shape index (κ3) is 4.64. The molecule has 0 saturated heterocycles. The van der Waals surface area contributed by atoms with Gasteiger partial charge in [0.2, 0.25) is 0 Å². The fourth-order valence-corrected chi connectivity index (χ4v) is 3.36. The monoisotopic (exact) mass is 486 g/mol. The Bertz CT molecular complexity index is 1540. The molecule has 6 aromatic heterocycles. The number of pyridine rings is 2. The van der Waals surface area contributed by atoms with E-state index in [2.05, 4.69) is 60.7 Å². The average molecular weight is 486 g/mol. The first-order valence-electron chi connectivity index (χ1n) is 10.9. The predicted octanol–water partition coefficient (Wildman–Crippen LogP) is 2.89. The van der Waals surface area contributed by atoms with Gasteiger partial charge < -0.3 is 4.74 Å². The molecule has 6 heterocycles. The molecule has 6 aromatic rings. The molecule has 0 aliphatic carbocycles. The van der Waals surface area contributed by atoms with Gasteiger partial charge in [-0.3, -0.25) is 9.97 Å². The highest BCUT2D eigenvalue weighted by Gasteiger charge is 2.19. The summed E-state index contributed by atoms with van der Waals surface area (Å²) in [7, 11) is 0.